The highest BCUT2D eigenvalue weighted by Gasteiger charge is 2.21. The fraction of sp³-hybridized carbons (Fsp3) is 0.476. The summed E-state index contributed by atoms with van der Waals surface area (Å²) in [6.07, 6.45) is 2.24. The van der Waals surface area contributed by atoms with Crippen molar-refractivity contribution in [3.05, 3.63) is 46.7 Å². The monoisotopic (exact) mass is 435 g/mol. The second kappa shape index (κ2) is 9.84. The zero-order chi connectivity index (χ0) is 20.9. The molecule has 1 aliphatic rings. The number of carbonyl (C=O) groups excluding carboxylic acids is 1. The Morgan fingerprint density at radius 1 is 1.17 bits per heavy atom. The highest BCUT2D eigenvalue weighted by molar-refractivity contribution is 7.89. The SMILES string of the molecule is CC(C)C(=O)Nc1ccc(S(=O)(=O)NCCN2CCC(c3cccs3)CC2)cc1. The quantitative estimate of drug-likeness (QED) is 0.665. The maximum Gasteiger partial charge on any atom is 0.240 e. The van der Waals surface area contributed by atoms with Gasteiger partial charge in [-0.1, -0.05) is 19.9 Å². The molecule has 2 heterocycles. The molecule has 2 N–H and O–H groups in total. The molecule has 2 aromatic rings. The van der Waals surface area contributed by atoms with Gasteiger partial charge in [-0.2, -0.15) is 0 Å². The minimum absolute atomic E-state index is 0.0958. The highest BCUT2D eigenvalue weighted by atomic mass is 32.2. The van der Waals surface area contributed by atoms with Crippen LogP contribution in [-0.2, 0) is 14.8 Å². The van der Waals surface area contributed by atoms with Gasteiger partial charge in [-0.15, -0.1) is 11.3 Å². The zero-order valence-electron chi connectivity index (χ0n) is 16.9. The van der Waals surface area contributed by atoms with Gasteiger partial charge in [-0.05, 0) is 67.6 Å². The summed E-state index contributed by atoms with van der Waals surface area (Å²) in [5.41, 5.74) is 0.594. The standard InChI is InChI=1S/C21H29N3O3S2/c1-16(2)21(25)23-18-5-7-19(8-6-18)29(26,27)22-11-14-24-12-9-17(10-13-24)20-4-3-15-28-20/h3-8,15-17,22H,9-14H2,1-2H3,(H,23,25). The first-order valence-corrected chi connectivity index (χ1v) is 12.4. The van der Waals surface area contributed by atoms with Gasteiger partial charge in [0.2, 0.25) is 15.9 Å². The molecule has 0 spiro atoms. The number of amides is 1. The average Bonchev–Trinajstić information content (AvgIpc) is 3.23. The van der Waals surface area contributed by atoms with Crippen LogP contribution in [0, 0.1) is 5.92 Å². The van der Waals surface area contributed by atoms with Crippen LogP contribution >= 0.6 is 11.3 Å². The molecule has 0 bridgehead atoms. The fourth-order valence-electron chi connectivity index (χ4n) is 3.39. The summed E-state index contributed by atoms with van der Waals surface area (Å²) in [5.74, 6) is 0.412. The van der Waals surface area contributed by atoms with E-state index in [1.807, 2.05) is 25.2 Å². The summed E-state index contributed by atoms with van der Waals surface area (Å²) in [6, 6.07) is 10.6. The Bertz CT molecular complexity index is 886. The molecule has 0 atom stereocenters. The highest BCUT2D eigenvalue weighted by Crippen LogP contribution is 2.30. The van der Waals surface area contributed by atoms with Crippen LogP contribution < -0.4 is 10.0 Å². The summed E-state index contributed by atoms with van der Waals surface area (Å²) in [4.78, 5) is 15.7. The van der Waals surface area contributed by atoms with E-state index in [1.165, 1.54) is 17.0 Å². The second-order valence-corrected chi connectivity index (χ2v) is 10.4. The van der Waals surface area contributed by atoms with E-state index in [-0.39, 0.29) is 16.7 Å². The molecule has 0 unspecified atom stereocenters. The largest absolute Gasteiger partial charge is 0.326 e. The van der Waals surface area contributed by atoms with Crippen molar-refractivity contribution in [3.63, 3.8) is 0 Å². The molecule has 3 rings (SSSR count). The van der Waals surface area contributed by atoms with Crippen LogP contribution in [0.5, 0.6) is 0 Å². The van der Waals surface area contributed by atoms with Crippen molar-refractivity contribution in [2.45, 2.75) is 37.5 Å². The van der Waals surface area contributed by atoms with E-state index in [9.17, 15) is 13.2 Å². The van der Waals surface area contributed by atoms with Crippen LogP contribution in [0.4, 0.5) is 5.69 Å². The van der Waals surface area contributed by atoms with Crippen LogP contribution in [0.25, 0.3) is 0 Å². The van der Waals surface area contributed by atoms with Gasteiger partial charge in [0.05, 0.1) is 4.90 Å². The molecule has 1 aromatic carbocycles. The normalized spacial score (nSPS) is 16.2. The topological polar surface area (TPSA) is 78.5 Å². The summed E-state index contributed by atoms with van der Waals surface area (Å²) in [5, 5.41) is 4.89. The molecule has 158 valence electrons. The molecule has 1 amide bonds. The molecular formula is C21H29N3O3S2. The average molecular weight is 436 g/mol. The first-order valence-electron chi connectivity index (χ1n) is 10.0. The van der Waals surface area contributed by atoms with Gasteiger partial charge >= 0.3 is 0 Å². The third-order valence-electron chi connectivity index (χ3n) is 5.21. The van der Waals surface area contributed by atoms with Gasteiger partial charge in [0.1, 0.15) is 0 Å². The molecule has 1 aliphatic heterocycles. The van der Waals surface area contributed by atoms with Crippen LogP contribution in [-0.4, -0.2) is 45.4 Å². The molecule has 6 nitrogen and oxygen atoms in total. The first kappa shape index (κ1) is 22.0. The van der Waals surface area contributed by atoms with E-state index in [1.54, 1.807) is 12.1 Å². The Balaban J connectivity index is 1.45. The van der Waals surface area contributed by atoms with Gasteiger partial charge in [0, 0.05) is 29.6 Å². The lowest BCUT2D eigenvalue weighted by Gasteiger charge is -2.31. The minimum atomic E-state index is -3.56. The Morgan fingerprint density at radius 3 is 2.45 bits per heavy atom. The molecule has 0 aliphatic carbocycles. The van der Waals surface area contributed by atoms with Gasteiger partial charge in [0.15, 0.2) is 0 Å². The number of likely N-dealkylation sites (tertiary alicyclic amines) is 1. The lowest BCUT2D eigenvalue weighted by molar-refractivity contribution is -0.118. The summed E-state index contributed by atoms with van der Waals surface area (Å²) >= 11 is 1.82. The number of nitrogens with zero attached hydrogens (tertiary/aromatic N) is 1. The van der Waals surface area contributed by atoms with Crippen LogP contribution in [0.1, 0.15) is 37.5 Å². The number of nitrogens with one attached hydrogen (secondary N) is 2. The summed E-state index contributed by atoms with van der Waals surface area (Å²) in [6.45, 7) is 6.70. The van der Waals surface area contributed by atoms with E-state index in [4.69, 9.17) is 0 Å². The molecule has 1 saturated heterocycles. The number of piperidine rings is 1. The van der Waals surface area contributed by atoms with Crippen LogP contribution in [0.2, 0.25) is 0 Å². The smallest absolute Gasteiger partial charge is 0.240 e. The summed E-state index contributed by atoms with van der Waals surface area (Å²) in [7, 11) is -3.56. The molecule has 0 saturated carbocycles. The molecule has 29 heavy (non-hydrogen) atoms. The van der Waals surface area contributed by atoms with E-state index in [0.717, 1.165) is 25.9 Å². The molecule has 1 aromatic heterocycles. The Labute approximate surface area is 177 Å². The number of hydrogen-bond donors (Lipinski definition) is 2. The van der Waals surface area contributed by atoms with E-state index in [2.05, 4.69) is 32.5 Å². The molecule has 0 radical (unpaired) electrons. The third-order valence-corrected chi connectivity index (χ3v) is 7.72. The Hall–Kier alpha value is -1.74. The third kappa shape index (κ3) is 6.12. The maximum atomic E-state index is 12.5. The second-order valence-electron chi connectivity index (χ2n) is 7.70. The van der Waals surface area contributed by atoms with Crippen molar-refractivity contribution in [3.8, 4) is 0 Å². The lowest BCUT2D eigenvalue weighted by Crippen LogP contribution is -2.39. The number of benzene rings is 1. The van der Waals surface area contributed by atoms with Crippen molar-refractivity contribution < 1.29 is 13.2 Å². The lowest BCUT2D eigenvalue weighted by atomic mass is 9.95. The van der Waals surface area contributed by atoms with Crippen molar-refractivity contribution >= 4 is 33.0 Å². The number of anilines is 1. The van der Waals surface area contributed by atoms with Gasteiger partial charge in [-0.25, -0.2) is 13.1 Å². The minimum Gasteiger partial charge on any atom is -0.326 e. The predicted octanol–water partition coefficient (Wildman–Crippen LogP) is 3.50. The number of hydrogen-bond acceptors (Lipinski definition) is 5. The number of thiophene rings is 1. The van der Waals surface area contributed by atoms with Crippen molar-refractivity contribution in [1.82, 2.24) is 9.62 Å². The molecule has 1 fully saturated rings. The van der Waals surface area contributed by atoms with Crippen molar-refractivity contribution in [2.75, 3.05) is 31.5 Å². The van der Waals surface area contributed by atoms with Gasteiger partial charge < -0.3 is 10.2 Å². The van der Waals surface area contributed by atoms with E-state index >= 15 is 0 Å². The van der Waals surface area contributed by atoms with E-state index < -0.39 is 10.0 Å². The Kier molecular flexibility index (Phi) is 7.45. The zero-order valence-corrected chi connectivity index (χ0v) is 18.6. The van der Waals surface area contributed by atoms with Crippen LogP contribution in [0.3, 0.4) is 0 Å². The van der Waals surface area contributed by atoms with Crippen molar-refractivity contribution in [1.29, 1.82) is 0 Å². The predicted molar refractivity (Wildman–Crippen MR) is 118 cm³/mol. The number of carbonyl (C=O) groups is 1. The molecule has 8 heteroatoms. The summed E-state index contributed by atoms with van der Waals surface area (Å²) < 4.78 is 27.7. The maximum absolute atomic E-state index is 12.5. The van der Waals surface area contributed by atoms with E-state index in [0.29, 0.717) is 24.7 Å². The van der Waals surface area contributed by atoms with Gasteiger partial charge in [0.25, 0.3) is 0 Å². The van der Waals surface area contributed by atoms with Crippen LogP contribution in [0.15, 0.2) is 46.7 Å². The molecular weight excluding hydrogens is 406 g/mol. The first-order chi connectivity index (χ1) is 13.8. The van der Waals surface area contributed by atoms with Crippen molar-refractivity contribution in [2.24, 2.45) is 5.92 Å². The van der Waals surface area contributed by atoms with Gasteiger partial charge in [-0.3, -0.25) is 4.79 Å². The number of rotatable bonds is 8. The number of sulfonamides is 1. The fourth-order valence-corrected chi connectivity index (χ4v) is 5.31. The Morgan fingerprint density at radius 2 is 1.86 bits per heavy atom.